The lowest BCUT2D eigenvalue weighted by Crippen LogP contribution is -2.40. The summed E-state index contributed by atoms with van der Waals surface area (Å²) >= 11 is 0. The van der Waals surface area contributed by atoms with Crippen LogP contribution in [-0.4, -0.2) is 53.8 Å². The Bertz CT molecular complexity index is 761. The largest absolute Gasteiger partial charge is 0.494 e. The van der Waals surface area contributed by atoms with Gasteiger partial charge in [-0.05, 0) is 44.9 Å². The van der Waals surface area contributed by atoms with Crippen molar-refractivity contribution in [3.8, 4) is 5.75 Å². The molecule has 1 heterocycles. The average Bonchev–Trinajstić information content (AvgIpc) is 3.08. The summed E-state index contributed by atoms with van der Waals surface area (Å²) in [6, 6.07) is 2.28. The molecule has 1 saturated heterocycles. The summed E-state index contributed by atoms with van der Waals surface area (Å²) in [4.78, 5) is 37.6. The summed E-state index contributed by atoms with van der Waals surface area (Å²) in [6.45, 7) is 5.70. The molecule has 0 aliphatic carbocycles. The van der Waals surface area contributed by atoms with Crippen LogP contribution in [0.15, 0.2) is 18.2 Å². The van der Waals surface area contributed by atoms with Crippen molar-refractivity contribution in [2.24, 2.45) is 5.92 Å². The third-order valence-corrected chi connectivity index (χ3v) is 4.25. The van der Waals surface area contributed by atoms with E-state index in [1.54, 1.807) is 20.8 Å². The van der Waals surface area contributed by atoms with Gasteiger partial charge in [-0.3, -0.25) is 4.79 Å². The smallest absolute Gasteiger partial charge is 0.410 e. The normalized spacial score (nSPS) is 17.8. The Kier molecular flexibility index (Phi) is 6.48. The number of nitrogens with zero attached hydrogens (tertiary/aromatic N) is 1. The van der Waals surface area contributed by atoms with Crippen LogP contribution >= 0.6 is 0 Å². The number of likely N-dealkylation sites (tertiary alicyclic amines) is 1. The number of methoxy groups -OCH3 is 1. The van der Waals surface area contributed by atoms with Crippen molar-refractivity contribution in [1.82, 2.24) is 10.2 Å². The lowest BCUT2D eigenvalue weighted by molar-refractivity contribution is -0.142. The van der Waals surface area contributed by atoms with Gasteiger partial charge in [0.2, 0.25) is 5.91 Å². The van der Waals surface area contributed by atoms with Crippen LogP contribution < -0.4 is 10.1 Å². The molecule has 0 radical (unpaired) electrons. The van der Waals surface area contributed by atoms with E-state index in [4.69, 9.17) is 9.47 Å². The predicted molar refractivity (Wildman–Crippen MR) is 97.4 cm³/mol. The molecule has 1 aromatic rings. The second kappa shape index (κ2) is 8.45. The van der Waals surface area contributed by atoms with Crippen LogP contribution in [0.2, 0.25) is 0 Å². The fourth-order valence-corrected chi connectivity index (χ4v) is 2.88. The summed E-state index contributed by atoms with van der Waals surface area (Å²) in [5, 5.41) is 11.9. The summed E-state index contributed by atoms with van der Waals surface area (Å²) in [5.41, 5.74) is -0.564. The number of carboxylic acid groups (broad SMARTS) is 1. The minimum absolute atomic E-state index is 0.0250. The van der Waals surface area contributed by atoms with Gasteiger partial charge >= 0.3 is 12.1 Å². The second-order valence-electron chi connectivity index (χ2n) is 7.59. The number of carbonyl (C=O) groups excluding carboxylic acids is 2. The number of rotatable bonds is 5. The summed E-state index contributed by atoms with van der Waals surface area (Å²) < 4.78 is 24.0. The molecule has 2 atom stereocenters. The maximum atomic E-state index is 13.9. The van der Waals surface area contributed by atoms with Crippen LogP contribution in [0.5, 0.6) is 5.75 Å². The highest BCUT2D eigenvalue weighted by Crippen LogP contribution is 2.24. The van der Waals surface area contributed by atoms with E-state index < -0.39 is 41.3 Å². The van der Waals surface area contributed by atoms with E-state index in [0.717, 1.165) is 6.07 Å². The third kappa shape index (κ3) is 5.34. The number of ether oxygens (including phenoxy) is 2. The Morgan fingerprint density at radius 1 is 1.32 bits per heavy atom. The number of amides is 2. The van der Waals surface area contributed by atoms with Gasteiger partial charge in [-0.25, -0.2) is 14.0 Å². The zero-order chi connectivity index (χ0) is 21.1. The molecule has 154 valence electrons. The van der Waals surface area contributed by atoms with Gasteiger partial charge in [-0.1, -0.05) is 6.07 Å². The molecule has 9 heteroatoms. The molecule has 2 rings (SSSR count). The number of carboxylic acids is 1. The van der Waals surface area contributed by atoms with E-state index in [1.165, 1.54) is 24.1 Å². The summed E-state index contributed by atoms with van der Waals surface area (Å²) in [7, 11) is 1.30. The first-order valence-electron chi connectivity index (χ1n) is 8.86. The number of nitrogens with one attached hydrogen (secondary N) is 1. The van der Waals surface area contributed by atoms with Gasteiger partial charge in [0.1, 0.15) is 5.60 Å². The molecular weight excluding hydrogens is 371 g/mol. The highest BCUT2D eigenvalue weighted by molar-refractivity contribution is 5.86. The Hall–Kier alpha value is -2.84. The number of benzene rings is 1. The van der Waals surface area contributed by atoms with E-state index >= 15 is 0 Å². The first-order chi connectivity index (χ1) is 13.0. The molecule has 28 heavy (non-hydrogen) atoms. The summed E-state index contributed by atoms with van der Waals surface area (Å²) in [6.07, 6.45) is -0.135. The molecule has 2 N–H and O–H groups in total. The van der Waals surface area contributed by atoms with Crippen molar-refractivity contribution >= 4 is 18.0 Å². The maximum absolute atomic E-state index is 13.9. The molecular formula is C19H25FN2O6. The average molecular weight is 396 g/mol. The van der Waals surface area contributed by atoms with Gasteiger partial charge in [0.15, 0.2) is 17.6 Å². The Labute approximate surface area is 162 Å². The summed E-state index contributed by atoms with van der Waals surface area (Å²) in [5.74, 6) is -3.16. The first-order valence-corrected chi connectivity index (χ1v) is 8.86. The maximum Gasteiger partial charge on any atom is 0.410 e. The second-order valence-corrected chi connectivity index (χ2v) is 7.59. The molecule has 1 aromatic carbocycles. The van der Waals surface area contributed by atoms with Crippen molar-refractivity contribution in [3.05, 3.63) is 29.6 Å². The van der Waals surface area contributed by atoms with Gasteiger partial charge < -0.3 is 24.8 Å². The molecule has 0 bridgehead atoms. The van der Waals surface area contributed by atoms with Gasteiger partial charge in [0, 0.05) is 13.1 Å². The molecule has 0 aromatic heterocycles. The van der Waals surface area contributed by atoms with E-state index in [2.05, 4.69) is 5.32 Å². The molecule has 2 unspecified atom stereocenters. The number of carbonyl (C=O) groups is 3. The van der Waals surface area contributed by atoms with Crippen LogP contribution in [0.25, 0.3) is 0 Å². The van der Waals surface area contributed by atoms with E-state index in [0.29, 0.717) is 13.0 Å². The Morgan fingerprint density at radius 2 is 2.00 bits per heavy atom. The van der Waals surface area contributed by atoms with Crippen molar-refractivity contribution in [3.63, 3.8) is 0 Å². The minimum Gasteiger partial charge on any atom is -0.494 e. The number of aliphatic carboxylic acids is 1. The standard InChI is InChI=1S/C19H25FN2O6/c1-19(2,3)28-18(26)22-8-7-12(10-22)16(23)21-15(17(24)25)11-5-6-14(27-4)13(20)9-11/h5-6,9,12,15H,7-8,10H2,1-4H3,(H,21,23)(H,24,25). The van der Waals surface area contributed by atoms with Crippen LogP contribution in [-0.2, 0) is 14.3 Å². The molecule has 1 fully saturated rings. The van der Waals surface area contributed by atoms with Crippen molar-refractivity contribution in [2.75, 3.05) is 20.2 Å². The quantitative estimate of drug-likeness (QED) is 0.792. The predicted octanol–water partition coefficient (Wildman–Crippen LogP) is 2.33. The molecule has 0 spiro atoms. The minimum atomic E-state index is -1.41. The van der Waals surface area contributed by atoms with Crippen LogP contribution in [0.1, 0.15) is 38.8 Å². The SMILES string of the molecule is COc1ccc(C(NC(=O)C2CCN(C(=O)OC(C)(C)C)C2)C(=O)O)cc1F. The number of halogens is 1. The topological polar surface area (TPSA) is 105 Å². The molecule has 8 nitrogen and oxygen atoms in total. The lowest BCUT2D eigenvalue weighted by atomic mass is 10.0. The van der Waals surface area contributed by atoms with Crippen molar-refractivity contribution in [2.45, 2.75) is 38.8 Å². The van der Waals surface area contributed by atoms with E-state index in [9.17, 15) is 23.9 Å². The monoisotopic (exact) mass is 396 g/mol. The number of hydrogen-bond acceptors (Lipinski definition) is 5. The molecule has 2 amide bonds. The Balaban J connectivity index is 2.04. The molecule has 1 aliphatic heterocycles. The zero-order valence-corrected chi connectivity index (χ0v) is 16.3. The fraction of sp³-hybridized carbons (Fsp3) is 0.526. The number of hydrogen-bond donors (Lipinski definition) is 2. The highest BCUT2D eigenvalue weighted by atomic mass is 19.1. The van der Waals surface area contributed by atoms with Crippen LogP contribution in [0.3, 0.4) is 0 Å². The fourth-order valence-electron chi connectivity index (χ4n) is 2.88. The first kappa shape index (κ1) is 21.5. The van der Waals surface area contributed by atoms with E-state index in [1.807, 2.05) is 0 Å². The van der Waals surface area contributed by atoms with Gasteiger partial charge in [0.25, 0.3) is 0 Å². The van der Waals surface area contributed by atoms with Crippen molar-refractivity contribution in [1.29, 1.82) is 0 Å². The zero-order valence-electron chi connectivity index (χ0n) is 16.3. The Morgan fingerprint density at radius 3 is 2.54 bits per heavy atom. The van der Waals surface area contributed by atoms with Gasteiger partial charge in [-0.2, -0.15) is 0 Å². The molecule has 1 aliphatic rings. The highest BCUT2D eigenvalue weighted by Gasteiger charge is 2.35. The lowest BCUT2D eigenvalue weighted by Gasteiger charge is -2.24. The van der Waals surface area contributed by atoms with Crippen LogP contribution in [0, 0.1) is 11.7 Å². The van der Waals surface area contributed by atoms with Gasteiger partial charge in [0.05, 0.1) is 13.0 Å². The third-order valence-electron chi connectivity index (χ3n) is 4.25. The van der Waals surface area contributed by atoms with E-state index in [-0.39, 0.29) is 17.9 Å². The van der Waals surface area contributed by atoms with Crippen LogP contribution in [0.4, 0.5) is 9.18 Å². The van der Waals surface area contributed by atoms with Gasteiger partial charge in [-0.15, -0.1) is 0 Å². The molecule has 0 saturated carbocycles. The van der Waals surface area contributed by atoms with Crippen molar-refractivity contribution < 1.29 is 33.4 Å².